The van der Waals surface area contributed by atoms with Crippen LogP contribution in [-0.2, 0) is 25.7 Å². The Morgan fingerprint density at radius 2 is 1.64 bits per heavy atom. The van der Waals surface area contributed by atoms with Gasteiger partial charge in [-0.05, 0) is 52.0 Å². The van der Waals surface area contributed by atoms with Gasteiger partial charge in [0.05, 0.1) is 5.92 Å². The first-order valence-corrected chi connectivity index (χ1v) is 12.4. The van der Waals surface area contributed by atoms with Gasteiger partial charge in [0.25, 0.3) is 0 Å². The largest absolute Gasteiger partial charge is 0.480 e. The summed E-state index contributed by atoms with van der Waals surface area (Å²) in [6.45, 7) is 6.44. The van der Waals surface area contributed by atoms with Crippen LogP contribution in [0.3, 0.4) is 0 Å². The molecule has 2 heterocycles. The maximum atomic E-state index is 13.4. The lowest BCUT2D eigenvalue weighted by molar-refractivity contribution is -0.155. The van der Waals surface area contributed by atoms with E-state index in [1.165, 1.54) is 4.90 Å². The molecule has 2 saturated heterocycles. The molecular weight excluding hydrogens is 466 g/mol. The summed E-state index contributed by atoms with van der Waals surface area (Å²) < 4.78 is 10.8. The molecule has 10 heteroatoms. The van der Waals surface area contributed by atoms with Crippen molar-refractivity contribution >= 4 is 24.1 Å². The smallest absolute Gasteiger partial charge is 0.411 e. The zero-order valence-corrected chi connectivity index (χ0v) is 21.5. The Bertz CT molecular complexity index is 939. The van der Waals surface area contributed by atoms with Crippen molar-refractivity contribution in [2.45, 2.75) is 70.7 Å². The molecule has 1 N–H and O–H groups in total. The van der Waals surface area contributed by atoms with Crippen molar-refractivity contribution in [1.82, 2.24) is 14.7 Å². The third-order valence-corrected chi connectivity index (χ3v) is 6.65. The van der Waals surface area contributed by atoms with Gasteiger partial charge >= 0.3 is 18.2 Å². The van der Waals surface area contributed by atoms with Crippen molar-refractivity contribution in [2.75, 3.05) is 26.7 Å². The number of amides is 3. The van der Waals surface area contributed by atoms with Gasteiger partial charge in [0.2, 0.25) is 5.91 Å². The number of carbonyl (C=O) groups is 4. The first-order chi connectivity index (χ1) is 17.0. The first kappa shape index (κ1) is 27.3. The van der Waals surface area contributed by atoms with Crippen LogP contribution in [0.25, 0.3) is 0 Å². The van der Waals surface area contributed by atoms with Crippen LogP contribution in [0.4, 0.5) is 9.59 Å². The lowest BCUT2D eigenvalue weighted by Gasteiger charge is -2.42. The second kappa shape index (κ2) is 11.6. The molecule has 2 aliphatic rings. The van der Waals surface area contributed by atoms with Crippen LogP contribution < -0.4 is 0 Å². The van der Waals surface area contributed by atoms with Gasteiger partial charge in [0.1, 0.15) is 18.2 Å². The van der Waals surface area contributed by atoms with Gasteiger partial charge in [-0.3, -0.25) is 9.69 Å². The fraction of sp³-hybridized carbons (Fsp3) is 0.615. The Balaban J connectivity index is 1.57. The molecule has 0 spiro atoms. The molecule has 0 radical (unpaired) electrons. The van der Waals surface area contributed by atoms with E-state index in [0.29, 0.717) is 38.8 Å². The van der Waals surface area contributed by atoms with Crippen molar-refractivity contribution in [3.05, 3.63) is 35.9 Å². The molecule has 36 heavy (non-hydrogen) atoms. The van der Waals surface area contributed by atoms with E-state index in [2.05, 4.69) is 0 Å². The topological polar surface area (TPSA) is 117 Å². The van der Waals surface area contributed by atoms with E-state index in [-0.39, 0.29) is 25.1 Å². The minimum Gasteiger partial charge on any atom is -0.480 e. The third-order valence-electron chi connectivity index (χ3n) is 6.65. The molecule has 0 saturated carbocycles. The Hall–Kier alpha value is -3.30. The molecule has 0 bridgehead atoms. The number of aliphatic carboxylic acids is 1. The van der Waals surface area contributed by atoms with Crippen molar-refractivity contribution < 1.29 is 33.8 Å². The minimum absolute atomic E-state index is 0.137. The minimum atomic E-state index is -1.28. The van der Waals surface area contributed by atoms with Crippen LogP contribution in [0.5, 0.6) is 0 Å². The van der Waals surface area contributed by atoms with Crippen LogP contribution in [0.1, 0.15) is 52.0 Å². The summed E-state index contributed by atoms with van der Waals surface area (Å²) in [6, 6.07) is 8.03. The fourth-order valence-electron chi connectivity index (χ4n) is 4.77. The van der Waals surface area contributed by atoms with E-state index in [9.17, 15) is 24.3 Å². The number of benzene rings is 1. The lowest BCUT2D eigenvalue weighted by atomic mass is 9.87. The average molecular weight is 504 g/mol. The van der Waals surface area contributed by atoms with Crippen LogP contribution >= 0.6 is 0 Å². The number of likely N-dealkylation sites (tertiary alicyclic amines) is 2. The highest BCUT2D eigenvalue weighted by Gasteiger charge is 2.46. The molecule has 0 aliphatic carbocycles. The number of carboxylic acids is 1. The maximum absolute atomic E-state index is 13.4. The normalized spacial score (nSPS) is 21.0. The van der Waals surface area contributed by atoms with Crippen LogP contribution in [0, 0.1) is 5.92 Å². The maximum Gasteiger partial charge on any atom is 0.411 e. The van der Waals surface area contributed by atoms with Gasteiger partial charge in [-0.2, -0.15) is 0 Å². The fourth-order valence-corrected chi connectivity index (χ4v) is 4.77. The molecule has 2 fully saturated rings. The summed E-state index contributed by atoms with van der Waals surface area (Å²) >= 11 is 0. The summed E-state index contributed by atoms with van der Waals surface area (Å²) in [6.07, 6.45) is 0.893. The van der Waals surface area contributed by atoms with Gasteiger partial charge in [-0.25, -0.2) is 14.4 Å². The summed E-state index contributed by atoms with van der Waals surface area (Å²) in [4.78, 5) is 55.1. The molecule has 2 atom stereocenters. The zero-order chi connectivity index (χ0) is 26.5. The van der Waals surface area contributed by atoms with Gasteiger partial charge in [-0.1, -0.05) is 30.3 Å². The predicted molar refractivity (Wildman–Crippen MR) is 131 cm³/mol. The molecule has 3 amide bonds. The second-order valence-corrected chi connectivity index (χ2v) is 10.4. The summed E-state index contributed by atoms with van der Waals surface area (Å²) in [7, 11) is 1.67. The van der Waals surface area contributed by atoms with Crippen molar-refractivity contribution in [3.8, 4) is 0 Å². The summed E-state index contributed by atoms with van der Waals surface area (Å²) in [5.74, 6) is -2.38. The lowest BCUT2D eigenvalue weighted by Crippen LogP contribution is -2.58. The number of hydrogen-bond acceptors (Lipinski definition) is 6. The molecule has 198 valence electrons. The van der Waals surface area contributed by atoms with Crippen molar-refractivity contribution in [1.29, 1.82) is 0 Å². The molecule has 0 aromatic heterocycles. The zero-order valence-electron chi connectivity index (χ0n) is 21.5. The molecule has 10 nitrogen and oxygen atoms in total. The first-order valence-electron chi connectivity index (χ1n) is 12.4. The summed E-state index contributed by atoms with van der Waals surface area (Å²) in [5, 5.41) is 9.92. The number of carboxylic acid groups (broad SMARTS) is 1. The molecule has 2 unspecified atom stereocenters. The highest BCUT2D eigenvalue weighted by atomic mass is 16.6. The molecule has 3 rings (SSSR count). The van der Waals surface area contributed by atoms with Gasteiger partial charge < -0.3 is 24.4 Å². The van der Waals surface area contributed by atoms with Crippen LogP contribution in [0.15, 0.2) is 30.3 Å². The third kappa shape index (κ3) is 6.89. The van der Waals surface area contributed by atoms with Gasteiger partial charge in [0.15, 0.2) is 0 Å². The Kier molecular flexibility index (Phi) is 8.81. The number of hydrogen-bond donors (Lipinski definition) is 1. The van der Waals surface area contributed by atoms with Crippen LogP contribution in [-0.4, -0.2) is 88.2 Å². The van der Waals surface area contributed by atoms with E-state index in [0.717, 1.165) is 5.56 Å². The van der Waals surface area contributed by atoms with Gasteiger partial charge in [-0.15, -0.1) is 0 Å². The number of carbonyl (C=O) groups excluding carboxylic acids is 3. The van der Waals surface area contributed by atoms with E-state index in [4.69, 9.17) is 9.47 Å². The quantitative estimate of drug-likeness (QED) is 0.655. The SMILES string of the molecule is CN(C(=O)C1CCCN(C(=O)OC(C)(C)C)C1C(=O)O)C1CCN(C(=O)OCc2ccccc2)CC1. The Morgan fingerprint density at radius 1 is 1.00 bits per heavy atom. The van der Waals surface area contributed by atoms with Crippen molar-refractivity contribution in [3.63, 3.8) is 0 Å². The number of ether oxygens (including phenoxy) is 2. The number of piperidine rings is 2. The van der Waals surface area contributed by atoms with E-state index in [1.807, 2.05) is 30.3 Å². The van der Waals surface area contributed by atoms with Crippen LogP contribution in [0.2, 0.25) is 0 Å². The predicted octanol–water partition coefficient (Wildman–Crippen LogP) is 3.35. The van der Waals surface area contributed by atoms with Crippen molar-refractivity contribution in [2.24, 2.45) is 5.92 Å². The highest BCUT2D eigenvalue weighted by Crippen LogP contribution is 2.29. The number of rotatable bonds is 5. The molecular formula is C26H37N3O7. The van der Waals surface area contributed by atoms with E-state index < -0.39 is 35.7 Å². The second-order valence-electron chi connectivity index (χ2n) is 10.4. The van der Waals surface area contributed by atoms with Gasteiger partial charge in [0, 0.05) is 32.7 Å². The monoisotopic (exact) mass is 503 g/mol. The molecule has 1 aromatic rings. The number of nitrogens with zero attached hydrogens (tertiary/aromatic N) is 3. The standard InChI is InChI=1S/C26H37N3O7/c1-26(2,3)36-25(34)29-14-8-11-20(21(29)23(31)32)22(30)27(4)19-12-15-28(16-13-19)24(33)35-17-18-9-6-5-7-10-18/h5-7,9-10,19-21H,8,11-17H2,1-4H3,(H,31,32). The van der Waals surface area contributed by atoms with E-state index in [1.54, 1.807) is 37.6 Å². The average Bonchev–Trinajstić information content (AvgIpc) is 2.85. The molecule has 1 aromatic carbocycles. The molecule has 2 aliphatic heterocycles. The Labute approximate surface area is 212 Å². The Morgan fingerprint density at radius 3 is 2.22 bits per heavy atom. The highest BCUT2D eigenvalue weighted by molar-refractivity contribution is 5.89. The summed E-state index contributed by atoms with van der Waals surface area (Å²) in [5.41, 5.74) is 0.136. The van der Waals surface area contributed by atoms with E-state index >= 15 is 0 Å².